The van der Waals surface area contributed by atoms with Gasteiger partial charge in [-0.2, -0.15) is 0 Å². The summed E-state index contributed by atoms with van der Waals surface area (Å²) in [5, 5.41) is 0. The predicted octanol–water partition coefficient (Wildman–Crippen LogP) is 6.26. The molecule has 7 rings (SSSR count). The van der Waals surface area contributed by atoms with Crippen LogP contribution < -0.4 is 19.1 Å². The van der Waals surface area contributed by atoms with E-state index in [9.17, 15) is 0 Å². The minimum Gasteiger partial charge on any atom is -0.486 e. The first kappa shape index (κ1) is 27.5. The van der Waals surface area contributed by atoms with E-state index in [0.29, 0.717) is 54.0 Å². The first-order chi connectivity index (χ1) is 20.9. The van der Waals surface area contributed by atoms with E-state index >= 15 is 13.2 Å². The number of halogens is 3. The summed E-state index contributed by atoms with van der Waals surface area (Å²) in [6.45, 7) is 3.41. The minimum absolute atomic E-state index is 0.0460. The number of nitrogens with zero attached hydrogens (tertiary/aromatic N) is 4. The highest BCUT2D eigenvalue weighted by molar-refractivity contribution is 5.80. The van der Waals surface area contributed by atoms with Crippen LogP contribution in [0, 0.1) is 17.5 Å². The molecular formula is C33H31F3N4O3. The molecule has 0 atom stereocenters. The second-order valence-electron chi connectivity index (χ2n) is 11.2. The molecule has 0 bridgehead atoms. The number of para-hydroxylation sites is 1. The fraction of sp³-hybridized carbons (Fsp3) is 0.333. The van der Waals surface area contributed by atoms with Crippen molar-refractivity contribution in [1.82, 2.24) is 14.9 Å². The lowest BCUT2D eigenvalue weighted by Crippen LogP contribution is -2.30. The Morgan fingerprint density at radius 2 is 1.63 bits per heavy atom. The van der Waals surface area contributed by atoms with Crippen LogP contribution in [0.2, 0.25) is 0 Å². The van der Waals surface area contributed by atoms with E-state index < -0.39 is 11.6 Å². The summed E-state index contributed by atoms with van der Waals surface area (Å²) in [6.07, 6.45) is 3.12. The number of piperidine rings is 1. The Labute approximate surface area is 247 Å². The first-order valence-electron chi connectivity index (χ1n) is 14.6. The van der Waals surface area contributed by atoms with Gasteiger partial charge in [0.05, 0.1) is 24.1 Å². The molecule has 3 aliphatic rings. The topological polar surface area (TPSA) is 60.0 Å². The van der Waals surface area contributed by atoms with E-state index in [0.717, 1.165) is 37.7 Å². The zero-order valence-corrected chi connectivity index (χ0v) is 23.8. The summed E-state index contributed by atoms with van der Waals surface area (Å²) in [5.74, 6) is 0.170. The van der Waals surface area contributed by atoms with Crippen molar-refractivity contribution in [3.8, 4) is 28.5 Å². The molecule has 1 fully saturated rings. The van der Waals surface area contributed by atoms with Crippen LogP contribution in [0.4, 0.5) is 24.5 Å². The molecule has 0 radical (unpaired) electrons. The Morgan fingerprint density at radius 1 is 0.814 bits per heavy atom. The maximum atomic E-state index is 15.5. The molecule has 3 aliphatic heterocycles. The molecule has 10 heteroatoms. The molecule has 7 nitrogen and oxygen atoms in total. The number of hydrogen-bond donors (Lipinski definition) is 0. The van der Waals surface area contributed by atoms with Crippen LogP contribution >= 0.6 is 0 Å². The molecule has 0 spiro atoms. The summed E-state index contributed by atoms with van der Waals surface area (Å²) >= 11 is 0. The van der Waals surface area contributed by atoms with Gasteiger partial charge in [-0.15, -0.1) is 0 Å². The lowest BCUT2D eigenvalue weighted by molar-refractivity contribution is 0.172. The lowest BCUT2D eigenvalue weighted by Gasteiger charge is -2.34. The first-order valence-corrected chi connectivity index (χ1v) is 14.6. The third-order valence-corrected chi connectivity index (χ3v) is 8.37. The summed E-state index contributed by atoms with van der Waals surface area (Å²) in [5.41, 5.74) is 2.72. The average molecular weight is 589 g/mol. The number of aromatic nitrogens is 2. The van der Waals surface area contributed by atoms with E-state index in [4.69, 9.17) is 14.2 Å². The highest BCUT2D eigenvalue weighted by Gasteiger charge is 2.29. The van der Waals surface area contributed by atoms with Crippen molar-refractivity contribution >= 4 is 11.4 Å². The largest absolute Gasteiger partial charge is 0.486 e. The van der Waals surface area contributed by atoms with Crippen molar-refractivity contribution in [3.05, 3.63) is 89.1 Å². The zero-order chi connectivity index (χ0) is 29.5. The van der Waals surface area contributed by atoms with Gasteiger partial charge in [-0.1, -0.05) is 18.2 Å². The van der Waals surface area contributed by atoms with Gasteiger partial charge in [0.25, 0.3) is 0 Å². The van der Waals surface area contributed by atoms with Gasteiger partial charge in [0, 0.05) is 12.0 Å². The Morgan fingerprint density at radius 3 is 2.47 bits per heavy atom. The van der Waals surface area contributed by atoms with Gasteiger partial charge in [0.2, 0.25) is 0 Å². The highest BCUT2D eigenvalue weighted by Crippen LogP contribution is 2.47. The highest BCUT2D eigenvalue weighted by atomic mass is 19.1. The van der Waals surface area contributed by atoms with Crippen molar-refractivity contribution in [2.24, 2.45) is 0 Å². The zero-order valence-electron chi connectivity index (χ0n) is 23.8. The van der Waals surface area contributed by atoms with Crippen molar-refractivity contribution in [2.45, 2.75) is 25.2 Å². The van der Waals surface area contributed by atoms with Gasteiger partial charge < -0.3 is 24.0 Å². The monoisotopic (exact) mass is 588 g/mol. The average Bonchev–Trinajstić information content (AvgIpc) is 3.02. The van der Waals surface area contributed by atoms with Crippen LogP contribution in [-0.4, -0.2) is 61.4 Å². The van der Waals surface area contributed by atoms with Gasteiger partial charge in [-0.25, -0.2) is 23.1 Å². The van der Waals surface area contributed by atoms with Crippen LogP contribution in [-0.2, 0) is 6.42 Å². The molecule has 222 valence electrons. The Balaban J connectivity index is 1.19. The van der Waals surface area contributed by atoms with Crippen molar-refractivity contribution in [1.29, 1.82) is 0 Å². The molecular weight excluding hydrogens is 557 g/mol. The number of anilines is 2. The SMILES string of the molecule is CN1CCC(c2ccc(Cc3ncc(F)c(-c4cc(F)c5c(c4)N(c4cccc6c4OCCO6)CCO5)n3)cc2F)CC1. The van der Waals surface area contributed by atoms with Gasteiger partial charge >= 0.3 is 0 Å². The molecule has 0 unspecified atom stereocenters. The quantitative estimate of drug-likeness (QED) is 0.273. The number of rotatable bonds is 5. The van der Waals surface area contributed by atoms with Gasteiger partial charge in [-0.05, 0) is 80.4 Å². The number of fused-ring (bicyclic) bond motifs is 2. The van der Waals surface area contributed by atoms with Gasteiger partial charge in [0.1, 0.15) is 37.2 Å². The molecule has 0 aliphatic carbocycles. The Hall–Kier alpha value is -4.31. The normalized spacial score (nSPS) is 17.0. The van der Waals surface area contributed by atoms with E-state index in [1.807, 2.05) is 35.2 Å². The van der Waals surface area contributed by atoms with Crippen LogP contribution in [0.25, 0.3) is 11.3 Å². The molecule has 0 saturated carbocycles. The maximum Gasteiger partial charge on any atom is 0.185 e. The number of ether oxygens (including phenoxy) is 3. The number of likely N-dealkylation sites (tertiary alicyclic amines) is 1. The third kappa shape index (κ3) is 5.35. The smallest absolute Gasteiger partial charge is 0.185 e. The molecule has 0 N–H and O–H groups in total. The summed E-state index contributed by atoms with van der Waals surface area (Å²) in [7, 11) is 2.08. The van der Waals surface area contributed by atoms with Crippen molar-refractivity contribution in [3.63, 3.8) is 0 Å². The fourth-order valence-electron chi connectivity index (χ4n) is 6.14. The molecule has 1 saturated heterocycles. The van der Waals surface area contributed by atoms with E-state index in [-0.39, 0.29) is 41.8 Å². The summed E-state index contributed by atoms with van der Waals surface area (Å²) < 4.78 is 63.1. The molecule has 4 heterocycles. The van der Waals surface area contributed by atoms with Gasteiger partial charge in [0.15, 0.2) is 28.9 Å². The van der Waals surface area contributed by atoms with Gasteiger partial charge in [-0.3, -0.25) is 0 Å². The van der Waals surface area contributed by atoms with E-state index in [2.05, 4.69) is 21.9 Å². The molecule has 1 aromatic heterocycles. The maximum absolute atomic E-state index is 15.5. The van der Waals surface area contributed by atoms with E-state index in [1.165, 1.54) is 12.1 Å². The van der Waals surface area contributed by atoms with Crippen LogP contribution in [0.15, 0.2) is 54.7 Å². The summed E-state index contributed by atoms with van der Waals surface area (Å²) in [4.78, 5) is 12.8. The number of hydrogen-bond acceptors (Lipinski definition) is 7. The second-order valence-corrected chi connectivity index (χ2v) is 11.2. The van der Waals surface area contributed by atoms with Crippen LogP contribution in [0.3, 0.4) is 0 Å². The second kappa shape index (κ2) is 11.4. The van der Waals surface area contributed by atoms with Crippen molar-refractivity contribution < 1.29 is 27.4 Å². The van der Waals surface area contributed by atoms with Crippen LogP contribution in [0.5, 0.6) is 17.2 Å². The van der Waals surface area contributed by atoms with Crippen LogP contribution in [0.1, 0.15) is 35.7 Å². The molecule has 0 amide bonds. The predicted molar refractivity (Wildman–Crippen MR) is 156 cm³/mol. The van der Waals surface area contributed by atoms with E-state index in [1.54, 1.807) is 6.07 Å². The molecule has 43 heavy (non-hydrogen) atoms. The lowest BCUT2D eigenvalue weighted by atomic mass is 9.88. The number of benzene rings is 3. The molecule has 4 aromatic rings. The van der Waals surface area contributed by atoms with Crippen molar-refractivity contribution in [2.75, 3.05) is 51.4 Å². The Kier molecular flexibility index (Phi) is 7.30. The standard InChI is InChI=1S/C33H31F3N4O3/c1-39-9-7-21(8-10-39)23-6-5-20(15-24(23)34)16-30-37-19-26(36)31(38-30)22-17-25(35)32-28(18-22)40(11-12-42-32)27-3-2-4-29-33(27)43-14-13-41-29/h2-6,15,17-19,21H,7-14,16H2,1H3. The third-order valence-electron chi connectivity index (χ3n) is 8.37. The Bertz CT molecular complexity index is 1680. The summed E-state index contributed by atoms with van der Waals surface area (Å²) in [6, 6.07) is 13.6. The minimum atomic E-state index is -0.691. The fourth-order valence-corrected chi connectivity index (χ4v) is 6.14. The molecule has 3 aromatic carbocycles.